The van der Waals surface area contributed by atoms with E-state index in [1.165, 1.54) is 12.8 Å². The van der Waals surface area contributed by atoms with Crippen molar-refractivity contribution in [2.24, 2.45) is 0 Å². The molecule has 0 unspecified atom stereocenters. The first-order chi connectivity index (χ1) is 16.2. The van der Waals surface area contributed by atoms with Crippen LogP contribution in [0.25, 0.3) is 11.3 Å². The first kappa shape index (κ1) is 21.7. The number of benzene rings is 1. The van der Waals surface area contributed by atoms with Crippen LogP contribution in [0, 0.1) is 0 Å². The number of hydrogen-bond acceptors (Lipinski definition) is 8. The van der Waals surface area contributed by atoms with E-state index in [0.29, 0.717) is 12.1 Å². The number of ether oxygens (including phenoxy) is 1. The Morgan fingerprint density at radius 3 is 2.76 bits per heavy atom. The summed E-state index contributed by atoms with van der Waals surface area (Å²) in [6, 6.07) is 11.3. The third kappa shape index (κ3) is 5.43. The Labute approximate surface area is 197 Å². The van der Waals surface area contributed by atoms with Crippen molar-refractivity contribution in [2.45, 2.75) is 30.7 Å². The van der Waals surface area contributed by atoms with Gasteiger partial charge in [-0.1, -0.05) is 12.1 Å². The van der Waals surface area contributed by atoms with Gasteiger partial charge in [0.05, 0.1) is 36.4 Å². The van der Waals surface area contributed by atoms with Crippen molar-refractivity contribution >= 4 is 29.4 Å². The maximum absolute atomic E-state index is 12.6. The maximum atomic E-state index is 12.6. The van der Waals surface area contributed by atoms with Gasteiger partial charge in [-0.05, 0) is 49.1 Å². The van der Waals surface area contributed by atoms with Gasteiger partial charge in [-0.3, -0.25) is 14.8 Å². The molecule has 9 heteroatoms. The van der Waals surface area contributed by atoms with E-state index in [1.54, 1.807) is 49.8 Å². The predicted molar refractivity (Wildman–Crippen MR) is 130 cm³/mol. The summed E-state index contributed by atoms with van der Waals surface area (Å²) < 4.78 is 8.68. The summed E-state index contributed by atoms with van der Waals surface area (Å²) in [7, 11) is 1.72. The van der Waals surface area contributed by atoms with Crippen molar-refractivity contribution in [3.8, 4) is 11.3 Å². The molecule has 0 spiro atoms. The van der Waals surface area contributed by atoms with Gasteiger partial charge in [0.2, 0.25) is 0 Å². The average molecular weight is 463 g/mol. The van der Waals surface area contributed by atoms with Gasteiger partial charge in [0.1, 0.15) is 5.82 Å². The molecule has 1 amide bonds. The Morgan fingerprint density at radius 2 is 2.00 bits per heavy atom. The molecule has 2 aromatic heterocycles. The topological polar surface area (TPSA) is 92.3 Å². The molecule has 5 rings (SSSR count). The largest absolute Gasteiger partial charge is 0.378 e. The summed E-state index contributed by atoms with van der Waals surface area (Å²) in [6.07, 6.45) is 8.06. The van der Waals surface area contributed by atoms with Crippen molar-refractivity contribution in [1.82, 2.24) is 20.3 Å². The number of anilines is 2. The van der Waals surface area contributed by atoms with E-state index in [1.807, 2.05) is 24.3 Å². The molecule has 1 saturated heterocycles. The Balaban J connectivity index is 1.17. The van der Waals surface area contributed by atoms with Crippen molar-refractivity contribution < 1.29 is 9.53 Å². The summed E-state index contributed by atoms with van der Waals surface area (Å²) in [5, 5.41) is 3.66. The summed E-state index contributed by atoms with van der Waals surface area (Å²) in [5.74, 6) is 0.697. The van der Waals surface area contributed by atoms with Crippen molar-refractivity contribution in [3.63, 3.8) is 0 Å². The number of pyridine rings is 1. The summed E-state index contributed by atoms with van der Waals surface area (Å²) in [4.78, 5) is 28.2. The van der Waals surface area contributed by atoms with E-state index in [0.717, 1.165) is 46.8 Å². The molecule has 0 radical (unpaired) electrons. The number of rotatable bonds is 9. The molecule has 170 valence electrons. The zero-order valence-corrected chi connectivity index (χ0v) is 19.2. The molecule has 1 aromatic carbocycles. The fourth-order valence-electron chi connectivity index (χ4n) is 3.46. The molecule has 1 saturated carbocycles. The van der Waals surface area contributed by atoms with Crippen molar-refractivity contribution in [2.75, 3.05) is 29.8 Å². The summed E-state index contributed by atoms with van der Waals surface area (Å²) in [6.45, 7) is 2.01. The number of hydrogen-bond donors (Lipinski definition) is 2. The van der Waals surface area contributed by atoms with Crippen LogP contribution in [0.4, 0.5) is 11.5 Å². The standard InChI is InChI=1S/C24H26N6O2S/c1-32-20-14-30(15-20)23-13-25-12-22(28-23)16-2-4-17(5-3-16)24(31)27-11-19-10-18(8-9-26-19)29-33-21-6-7-21/h2-5,8-10,12-13,20-21H,6-7,11,14-15H2,1H3,(H,26,29)(H,27,31). The molecular formula is C24H26N6O2S. The minimum atomic E-state index is -0.139. The lowest BCUT2D eigenvalue weighted by Gasteiger charge is -2.38. The SMILES string of the molecule is COC1CN(c2cncc(-c3ccc(C(=O)NCc4cc(NSC5CC5)ccn4)cc3)n2)C1. The molecule has 2 aliphatic rings. The molecule has 8 nitrogen and oxygen atoms in total. The lowest BCUT2D eigenvalue weighted by molar-refractivity contribution is 0.0783. The minimum Gasteiger partial charge on any atom is -0.378 e. The van der Waals surface area contributed by atoms with Gasteiger partial charge < -0.3 is 19.7 Å². The Morgan fingerprint density at radius 1 is 1.18 bits per heavy atom. The molecule has 3 aromatic rings. The van der Waals surface area contributed by atoms with E-state index >= 15 is 0 Å². The summed E-state index contributed by atoms with van der Waals surface area (Å²) in [5.41, 5.74) is 4.10. The number of carbonyl (C=O) groups is 1. The first-order valence-corrected chi connectivity index (χ1v) is 11.9. The first-order valence-electron chi connectivity index (χ1n) is 11.0. The quantitative estimate of drug-likeness (QED) is 0.467. The van der Waals surface area contributed by atoms with Gasteiger partial charge in [0, 0.05) is 48.5 Å². The lowest BCUT2D eigenvalue weighted by Crippen LogP contribution is -2.52. The van der Waals surface area contributed by atoms with Crippen LogP contribution in [0.15, 0.2) is 55.0 Å². The normalized spacial score (nSPS) is 15.7. The number of amides is 1. The van der Waals surface area contributed by atoms with Gasteiger partial charge in [0.15, 0.2) is 0 Å². The van der Waals surface area contributed by atoms with Gasteiger partial charge in [-0.25, -0.2) is 4.98 Å². The van der Waals surface area contributed by atoms with Crippen molar-refractivity contribution in [3.05, 3.63) is 66.2 Å². The zero-order valence-electron chi connectivity index (χ0n) is 18.4. The highest BCUT2D eigenvalue weighted by Crippen LogP contribution is 2.34. The van der Waals surface area contributed by atoms with Crippen molar-refractivity contribution in [1.29, 1.82) is 0 Å². The van der Waals surface area contributed by atoms with Crippen LogP contribution in [-0.4, -0.2) is 52.4 Å². The number of carbonyl (C=O) groups excluding carboxylic acids is 1. The molecule has 33 heavy (non-hydrogen) atoms. The highest BCUT2D eigenvalue weighted by molar-refractivity contribution is 8.01. The van der Waals surface area contributed by atoms with E-state index in [4.69, 9.17) is 9.72 Å². The average Bonchev–Trinajstić information content (AvgIpc) is 3.66. The third-order valence-electron chi connectivity index (χ3n) is 5.68. The Kier molecular flexibility index (Phi) is 6.41. The van der Waals surface area contributed by atoms with Crippen LogP contribution in [0.3, 0.4) is 0 Å². The van der Waals surface area contributed by atoms with Gasteiger partial charge in [-0.15, -0.1) is 0 Å². The van der Waals surface area contributed by atoms with Gasteiger partial charge in [0.25, 0.3) is 5.91 Å². The smallest absolute Gasteiger partial charge is 0.251 e. The second-order valence-electron chi connectivity index (χ2n) is 8.24. The van der Waals surface area contributed by atoms with Gasteiger partial charge >= 0.3 is 0 Å². The fourth-order valence-corrected chi connectivity index (χ4v) is 4.26. The molecule has 1 aliphatic carbocycles. The molecule has 0 atom stereocenters. The van der Waals surface area contributed by atoms with Crippen LogP contribution in [-0.2, 0) is 11.3 Å². The highest BCUT2D eigenvalue weighted by Gasteiger charge is 2.27. The highest BCUT2D eigenvalue weighted by atomic mass is 32.2. The second-order valence-corrected chi connectivity index (χ2v) is 9.35. The minimum absolute atomic E-state index is 0.139. The number of nitrogens with one attached hydrogen (secondary N) is 2. The molecule has 0 bridgehead atoms. The second kappa shape index (κ2) is 9.76. The molecular weight excluding hydrogens is 436 g/mol. The third-order valence-corrected chi connectivity index (χ3v) is 6.84. The Hall–Kier alpha value is -3.17. The van der Waals surface area contributed by atoms with E-state index in [9.17, 15) is 4.79 Å². The van der Waals surface area contributed by atoms with Gasteiger partial charge in [-0.2, -0.15) is 0 Å². The number of nitrogens with zero attached hydrogens (tertiary/aromatic N) is 4. The molecule has 3 heterocycles. The van der Waals surface area contributed by atoms with E-state index < -0.39 is 0 Å². The monoisotopic (exact) mass is 462 g/mol. The summed E-state index contributed by atoms with van der Waals surface area (Å²) >= 11 is 1.75. The van der Waals surface area contributed by atoms with Crippen LogP contribution in [0.5, 0.6) is 0 Å². The zero-order chi connectivity index (χ0) is 22.6. The van der Waals surface area contributed by atoms with E-state index in [2.05, 4.69) is 24.9 Å². The van der Waals surface area contributed by atoms with Crippen LogP contribution < -0.4 is 14.9 Å². The fraction of sp³-hybridized carbons (Fsp3) is 0.333. The number of aromatic nitrogens is 3. The van der Waals surface area contributed by atoms with Crippen LogP contribution in [0.2, 0.25) is 0 Å². The molecule has 2 N–H and O–H groups in total. The van der Waals surface area contributed by atoms with Crippen LogP contribution >= 0.6 is 11.9 Å². The number of methoxy groups -OCH3 is 1. The molecule has 2 fully saturated rings. The van der Waals surface area contributed by atoms with Crippen LogP contribution in [0.1, 0.15) is 28.9 Å². The Bertz CT molecular complexity index is 1120. The molecule has 1 aliphatic heterocycles. The maximum Gasteiger partial charge on any atom is 0.251 e. The lowest BCUT2D eigenvalue weighted by atomic mass is 10.1. The van der Waals surface area contributed by atoms with E-state index in [-0.39, 0.29) is 12.0 Å². The predicted octanol–water partition coefficient (Wildman–Crippen LogP) is 3.53.